The van der Waals surface area contributed by atoms with E-state index in [1.165, 1.54) is 22.4 Å². The molecule has 1 saturated heterocycles. The number of benzene rings is 3. The van der Waals surface area contributed by atoms with Crippen molar-refractivity contribution in [1.82, 2.24) is 9.80 Å². The first kappa shape index (κ1) is 17.7. The minimum atomic E-state index is -0.324. The highest BCUT2D eigenvalue weighted by atomic mass is 19.1. The fraction of sp³-hybridized carbons (Fsp3) is 0.261. The smallest absolute Gasteiger partial charge is 0.254 e. The summed E-state index contributed by atoms with van der Waals surface area (Å²) < 4.78 is 13.8. The average molecular weight is 362 g/mol. The van der Waals surface area contributed by atoms with Gasteiger partial charge in [-0.2, -0.15) is 0 Å². The Morgan fingerprint density at radius 2 is 1.70 bits per heavy atom. The second-order valence-corrected chi connectivity index (χ2v) is 7.17. The number of hydrogen-bond donors (Lipinski definition) is 0. The van der Waals surface area contributed by atoms with E-state index in [0.717, 1.165) is 19.6 Å². The summed E-state index contributed by atoms with van der Waals surface area (Å²) in [5.74, 6) is -0.408. The molecule has 1 amide bonds. The molecule has 0 N–H and O–H groups in total. The van der Waals surface area contributed by atoms with E-state index in [4.69, 9.17) is 0 Å². The predicted octanol–water partition coefficient (Wildman–Crippen LogP) is 4.25. The lowest BCUT2D eigenvalue weighted by molar-refractivity contribution is 0.0628. The van der Waals surface area contributed by atoms with Crippen LogP contribution in [-0.2, 0) is 6.54 Å². The van der Waals surface area contributed by atoms with E-state index in [-0.39, 0.29) is 11.7 Å². The van der Waals surface area contributed by atoms with Crippen LogP contribution in [0.25, 0.3) is 10.8 Å². The first-order valence-corrected chi connectivity index (χ1v) is 9.36. The fourth-order valence-electron chi connectivity index (χ4n) is 3.69. The third-order valence-corrected chi connectivity index (χ3v) is 5.35. The summed E-state index contributed by atoms with van der Waals surface area (Å²) in [6.45, 7) is 5.56. The molecule has 4 heteroatoms. The van der Waals surface area contributed by atoms with Gasteiger partial charge in [-0.15, -0.1) is 0 Å². The Balaban J connectivity index is 1.41. The lowest BCUT2D eigenvalue weighted by Crippen LogP contribution is -2.48. The van der Waals surface area contributed by atoms with E-state index in [9.17, 15) is 9.18 Å². The van der Waals surface area contributed by atoms with Crippen molar-refractivity contribution in [3.05, 3.63) is 83.2 Å². The van der Waals surface area contributed by atoms with Crippen LogP contribution in [0, 0.1) is 12.7 Å². The van der Waals surface area contributed by atoms with Crippen molar-refractivity contribution in [3.63, 3.8) is 0 Å². The van der Waals surface area contributed by atoms with Crippen molar-refractivity contribution in [3.8, 4) is 0 Å². The number of carbonyl (C=O) groups is 1. The molecule has 1 fully saturated rings. The maximum Gasteiger partial charge on any atom is 0.254 e. The van der Waals surface area contributed by atoms with Gasteiger partial charge in [0.1, 0.15) is 5.82 Å². The molecule has 3 nitrogen and oxygen atoms in total. The van der Waals surface area contributed by atoms with E-state index in [2.05, 4.69) is 47.4 Å². The molecule has 0 aliphatic carbocycles. The van der Waals surface area contributed by atoms with E-state index in [1.807, 2.05) is 4.90 Å². The summed E-state index contributed by atoms with van der Waals surface area (Å²) in [7, 11) is 0. The Kier molecular flexibility index (Phi) is 4.90. The minimum absolute atomic E-state index is 0.0845. The van der Waals surface area contributed by atoms with Crippen molar-refractivity contribution >= 4 is 16.7 Å². The second-order valence-electron chi connectivity index (χ2n) is 7.17. The Bertz CT molecular complexity index is 972. The van der Waals surface area contributed by atoms with Crippen LogP contribution in [0.4, 0.5) is 4.39 Å². The highest BCUT2D eigenvalue weighted by Gasteiger charge is 2.23. The van der Waals surface area contributed by atoms with Crippen molar-refractivity contribution in [2.75, 3.05) is 26.2 Å². The molecular formula is C23H23FN2O. The number of piperazine rings is 1. The molecule has 0 bridgehead atoms. The summed E-state index contributed by atoms with van der Waals surface area (Å²) in [4.78, 5) is 16.8. The molecule has 1 heterocycles. The van der Waals surface area contributed by atoms with Crippen molar-refractivity contribution in [1.29, 1.82) is 0 Å². The van der Waals surface area contributed by atoms with Gasteiger partial charge in [-0.25, -0.2) is 4.39 Å². The van der Waals surface area contributed by atoms with Gasteiger partial charge in [-0.3, -0.25) is 9.69 Å². The summed E-state index contributed by atoms with van der Waals surface area (Å²) >= 11 is 0. The van der Waals surface area contributed by atoms with Crippen LogP contribution < -0.4 is 0 Å². The van der Waals surface area contributed by atoms with Gasteiger partial charge >= 0.3 is 0 Å². The van der Waals surface area contributed by atoms with Crippen LogP contribution in [0.2, 0.25) is 0 Å². The SMILES string of the molecule is Cc1ccc(C(=O)N2CCN(Cc3cccc4ccccc34)CC2)cc1F. The maximum absolute atomic E-state index is 13.8. The third kappa shape index (κ3) is 3.71. The topological polar surface area (TPSA) is 23.6 Å². The van der Waals surface area contributed by atoms with Crippen LogP contribution >= 0.6 is 0 Å². The van der Waals surface area contributed by atoms with Crippen LogP contribution in [-0.4, -0.2) is 41.9 Å². The normalized spacial score (nSPS) is 15.3. The molecular weight excluding hydrogens is 339 g/mol. The number of carbonyl (C=O) groups excluding carboxylic acids is 1. The quantitative estimate of drug-likeness (QED) is 0.696. The summed E-state index contributed by atoms with van der Waals surface area (Å²) in [5, 5.41) is 2.54. The zero-order chi connectivity index (χ0) is 18.8. The number of halogens is 1. The third-order valence-electron chi connectivity index (χ3n) is 5.35. The maximum atomic E-state index is 13.8. The first-order chi connectivity index (χ1) is 13.1. The highest BCUT2D eigenvalue weighted by Crippen LogP contribution is 2.21. The monoisotopic (exact) mass is 362 g/mol. The Morgan fingerprint density at radius 1 is 0.963 bits per heavy atom. The number of amides is 1. The number of fused-ring (bicyclic) bond motifs is 1. The number of rotatable bonds is 3. The largest absolute Gasteiger partial charge is 0.336 e. The van der Waals surface area contributed by atoms with E-state index < -0.39 is 0 Å². The van der Waals surface area contributed by atoms with Crippen LogP contribution in [0.5, 0.6) is 0 Å². The molecule has 0 aromatic heterocycles. The molecule has 4 rings (SSSR count). The summed E-state index contributed by atoms with van der Waals surface area (Å²) in [6, 6.07) is 19.6. The van der Waals surface area contributed by atoms with Gasteiger partial charge in [0.2, 0.25) is 0 Å². The number of aryl methyl sites for hydroxylation is 1. The summed E-state index contributed by atoms with van der Waals surface area (Å²) in [6.07, 6.45) is 0. The highest BCUT2D eigenvalue weighted by molar-refractivity contribution is 5.94. The molecule has 3 aromatic rings. The fourth-order valence-corrected chi connectivity index (χ4v) is 3.69. The van der Waals surface area contributed by atoms with Gasteiger partial charge in [0.15, 0.2) is 0 Å². The van der Waals surface area contributed by atoms with Crippen LogP contribution in [0.1, 0.15) is 21.5 Å². The molecule has 0 unspecified atom stereocenters. The van der Waals surface area contributed by atoms with Gasteiger partial charge in [0, 0.05) is 38.3 Å². The van der Waals surface area contributed by atoms with E-state index in [1.54, 1.807) is 19.1 Å². The molecule has 3 aromatic carbocycles. The number of nitrogens with zero attached hydrogens (tertiary/aromatic N) is 2. The van der Waals surface area contributed by atoms with Crippen molar-refractivity contribution in [2.45, 2.75) is 13.5 Å². The van der Waals surface area contributed by atoms with Gasteiger partial charge < -0.3 is 4.90 Å². The zero-order valence-corrected chi connectivity index (χ0v) is 15.5. The van der Waals surface area contributed by atoms with Crippen LogP contribution in [0.3, 0.4) is 0 Å². The zero-order valence-electron chi connectivity index (χ0n) is 15.5. The van der Waals surface area contributed by atoms with E-state index in [0.29, 0.717) is 24.2 Å². The van der Waals surface area contributed by atoms with Gasteiger partial charge in [-0.05, 0) is 41.0 Å². The molecule has 1 aliphatic heterocycles. The van der Waals surface area contributed by atoms with Crippen molar-refractivity contribution < 1.29 is 9.18 Å². The van der Waals surface area contributed by atoms with Gasteiger partial charge in [0.05, 0.1) is 0 Å². The van der Waals surface area contributed by atoms with Gasteiger partial charge in [0.25, 0.3) is 5.91 Å². The summed E-state index contributed by atoms with van der Waals surface area (Å²) in [5.41, 5.74) is 2.31. The van der Waals surface area contributed by atoms with E-state index >= 15 is 0 Å². The molecule has 27 heavy (non-hydrogen) atoms. The standard InChI is InChI=1S/C23H23FN2O/c1-17-9-10-19(15-22(17)24)23(27)26-13-11-25(12-14-26)16-20-7-4-6-18-5-2-3-8-21(18)20/h2-10,15H,11-14,16H2,1H3. The predicted molar refractivity (Wildman–Crippen MR) is 106 cm³/mol. The van der Waals surface area contributed by atoms with Crippen molar-refractivity contribution in [2.24, 2.45) is 0 Å². The molecule has 0 radical (unpaired) electrons. The minimum Gasteiger partial charge on any atom is -0.336 e. The Labute approximate surface area is 159 Å². The van der Waals surface area contributed by atoms with Crippen LogP contribution in [0.15, 0.2) is 60.7 Å². The molecule has 1 aliphatic rings. The average Bonchev–Trinajstić information content (AvgIpc) is 2.70. The first-order valence-electron chi connectivity index (χ1n) is 9.36. The molecule has 0 atom stereocenters. The Hall–Kier alpha value is -2.72. The Morgan fingerprint density at radius 3 is 2.48 bits per heavy atom. The van der Waals surface area contributed by atoms with Gasteiger partial charge in [-0.1, -0.05) is 48.5 Å². The second kappa shape index (κ2) is 7.49. The lowest BCUT2D eigenvalue weighted by Gasteiger charge is -2.35. The molecule has 138 valence electrons. The lowest BCUT2D eigenvalue weighted by atomic mass is 10.0. The molecule has 0 spiro atoms. The molecule has 0 saturated carbocycles. The number of hydrogen-bond acceptors (Lipinski definition) is 2.